The maximum absolute atomic E-state index is 8.73. The van der Waals surface area contributed by atoms with Crippen LogP contribution in [0.5, 0.6) is 5.75 Å². The Kier molecular flexibility index (Phi) is 5.23. The number of hydrogen-bond donors (Lipinski definition) is 0. The molecule has 1 aromatic carbocycles. The van der Waals surface area contributed by atoms with Crippen LogP contribution in [0, 0.1) is 11.3 Å². The number of nitriles is 1. The minimum Gasteiger partial charge on any atom is -0.492 e. The van der Waals surface area contributed by atoms with E-state index in [1.807, 2.05) is 12.1 Å². The Bertz CT molecular complexity index is 421. The van der Waals surface area contributed by atoms with E-state index in [0.29, 0.717) is 5.56 Å². The molecule has 1 unspecified atom stereocenters. The van der Waals surface area contributed by atoms with E-state index in [2.05, 4.69) is 17.9 Å². The number of hydrogen-bond acceptors (Lipinski definition) is 3. The molecule has 3 heteroatoms. The van der Waals surface area contributed by atoms with Crippen molar-refractivity contribution in [2.24, 2.45) is 0 Å². The van der Waals surface area contributed by atoms with Crippen LogP contribution in [0.1, 0.15) is 38.2 Å². The summed E-state index contributed by atoms with van der Waals surface area (Å²) in [5.41, 5.74) is 0.675. The maximum atomic E-state index is 8.73. The second-order valence-electron chi connectivity index (χ2n) is 5.08. The van der Waals surface area contributed by atoms with Gasteiger partial charge in [-0.25, -0.2) is 0 Å². The van der Waals surface area contributed by atoms with Crippen molar-refractivity contribution in [1.29, 1.82) is 5.26 Å². The van der Waals surface area contributed by atoms with Crippen molar-refractivity contribution in [3.05, 3.63) is 29.8 Å². The zero-order valence-corrected chi connectivity index (χ0v) is 11.6. The van der Waals surface area contributed by atoms with Gasteiger partial charge in [-0.15, -0.1) is 0 Å². The highest BCUT2D eigenvalue weighted by Gasteiger charge is 2.20. The summed E-state index contributed by atoms with van der Waals surface area (Å²) in [5, 5.41) is 8.73. The number of benzene rings is 1. The molecule has 19 heavy (non-hydrogen) atoms. The molecule has 1 aliphatic heterocycles. The molecule has 102 valence electrons. The van der Waals surface area contributed by atoms with Crippen LogP contribution in [0.4, 0.5) is 0 Å². The normalized spacial score (nSPS) is 19.9. The largest absolute Gasteiger partial charge is 0.492 e. The van der Waals surface area contributed by atoms with Crippen LogP contribution < -0.4 is 4.74 Å². The lowest BCUT2D eigenvalue weighted by Gasteiger charge is -2.34. The summed E-state index contributed by atoms with van der Waals surface area (Å²) >= 11 is 0. The predicted molar refractivity (Wildman–Crippen MR) is 76.2 cm³/mol. The summed E-state index contributed by atoms with van der Waals surface area (Å²) in [7, 11) is 0. The fraction of sp³-hybridized carbons (Fsp3) is 0.562. The predicted octanol–water partition coefficient (Wildman–Crippen LogP) is 3.20. The summed E-state index contributed by atoms with van der Waals surface area (Å²) in [6.07, 6.45) is 5.24. The highest BCUT2D eigenvalue weighted by atomic mass is 16.5. The first-order chi connectivity index (χ1) is 9.33. The fourth-order valence-electron chi connectivity index (χ4n) is 2.72. The molecule has 1 aliphatic rings. The van der Waals surface area contributed by atoms with Gasteiger partial charge in [-0.3, -0.25) is 4.90 Å². The molecule has 0 radical (unpaired) electrons. The molecule has 0 N–H and O–H groups in total. The van der Waals surface area contributed by atoms with E-state index in [1.165, 1.54) is 32.2 Å². The van der Waals surface area contributed by atoms with Crippen molar-refractivity contribution in [2.75, 3.05) is 19.7 Å². The first kappa shape index (κ1) is 13.9. The van der Waals surface area contributed by atoms with Crippen LogP contribution in [-0.2, 0) is 0 Å². The van der Waals surface area contributed by atoms with E-state index in [1.54, 1.807) is 12.1 Å². The zero-order chi connectivity index (χ0) is 13.5. The van der Waals surface area contributed by atoms with E-state index in [9.17, 15) is 0 Å². The first-order valence-corrected chi connectivity index (χ1v) is 7.20. The molecule has 1 saturated heterocycles. The third kappa shape index (κ3) is 3.97. The highest BCUT2D eigenvalue weighted by Crippen LogP contribution is 2.19. The third-order valence-electron chi connectivity index (χ3n) is 3.85. The second-order valence-corrected chi connectivity index (χ2v) is 5.08. The molecule has 0 aliphatic carbocycles. The van der Waals surface area contributed by atoms with Gasteiger partial charge in [0.2, 0.25) is 0 Å². The summed E-state index contributed by atoms with van der Waals surface area (Å²) in [4.78, 5) is 2.55. The van der Waals surface area contributed by atoms with Crippen LogP contribution in [-0.4, -0.2) is 30.6 Å². The number of piperidine rings is 1. The van der Waals surface area contributed by atoms with Crippen molar-refractivity contribution < 1.29 is 4.74 Å². The van der Waals surface area contributed by atoms with Gasteiger partial charge in [-0.05, 0) is 50.1 Å². The Labute approximate surface area is 115 Å². The summed E-state index contributed by atoms with van der Waals surface area (Å²) < 4.78 is 5.75. The molecule has 0 spiro atoms. The van der Waals surface area contributed by atoms with Crippen molar-refractivity contribution >= 4 is 0 Å². The van der Waals surface area contributed by atoms with Crippen LogP contribution >= 0.6 is 0 Å². The highest BCUT2D eigenvalue weighted by molar-refractivity contribution is 5.34. The Hall–Kier alpha value is -1.53. The summed E-state index contributed by atoms with van der Waals surface area (Å²) in [6.45, 7) is 5.20. The summed E-state index contributed by atoms with van der Waals surface area (Å²) in [6, 6.07) is 10.2. The molecular weight excluding hydrogens is 236 g/mol. The van der Waals surface area contributed by atoms with Crippen LogP contribution in [0.25, 0.3) is 0 Å². The van der Waals surface area contributed by atoms with Gasteiger partial charge >= 0.3 is 0 Å². The Morgan fingerprint density at radius 1 is 1.32 bits per heavy atom. The van der Waals surface area contributed by atoms with Gasteiger partial charge in [-0.1, -0.05) is 13.3 Å². The molecule has 1 atom stereocenters. The standard InChI is InChI=1S/C16H22N2O/c1-2-15-5-3-4-10-18(15)11-12-19-16-8-6-14(13-17)7-9-16/h6-9,15H,2-5,10-12H2,1H3. The number of likely N-dealkylation sites (tertiary alicyclic amines) is 1. The van der Waals surface area contributed by atoms with Crippen LogP contribution in [0.3, 0.4) is 0 Å². The zero-order valence-electron chi connectivity index (χ0n) is 11.6. The Morgan fingerprint density at radius 2 is 2.11 bits per heavy atom. The molecular formula is C16H22N2O. The second kappa shape index (κ2) is 7.16. The van der Waals surface area contributed by atoms with Gasteiger partial charge in [0.25, 0.3) is 0 Å². The minimum absolute atomic E-state index is 0.675. The molecule has 1 aromatic rings. The van der Waals surface area contributed by atoms with Gasteiger partial charge in [0.15, 0.2) is 0 Å². The monoisotopic (exact) mass is 258 g/mol. The number of nitrogens with zero attached hydrogens (tertiary/aromatic N) is 2. The van der Waals surface area contributed by atoms with Crippen molar-refractivity contribution in [3.8, 4) is 11.8 Å². The smallest absolute Gasteiger partial charge is 0.119 e. The summed E-state index contributed by atoms with van der Waals surface area (Å²) in [5.74, 6) is 0.851. The molecule has 3 nitrogen and oxygen atoms in total. The van der Waals surface area contributed by atoms with Crippen LogP contribution in [0.15, 0.2) is 24.3 Å². The van der Waals surface area contributed by atoms with E-state index in [0.717, 1.165) is 24.9 Å². The number of ether oxygens (including phenoxy) is 1. The molecule has 2 rings (SSSR count). The van der Waals surface area contributed by atoms with Crippen LogP contribution in [0.2, 0.25) is 0 Å². The molecule has 0 saturated carbocycles. The maximum Gasteiger partial charge on any atom is 0.119 e. The molecule has 1 heterocycles. The first-order valence-electron chi connectivity index (χ1n) is 7.20. The lowest BCUT2D eigenvalue weighted by atomic mass is 10.0. The van der Waals surface area contributed by atoms with Gasteiger partial charge in [0.05, 0.1) is 11.6 Å². The Morgan fingerprint density at radius 3 is 2.79 bits per heavy atom. The average molecular weight is 258 g/mol. The van der Waals surface area contributed by atoms with Gasteiger partial charge < -0.3 is 4.74 Å². The molecule has 0 aromatic heterocycles. The van der Waals surface area contributed by atoms with E-state index in [4.69, 9.17) is 10.00 Å². The minimum atomic E-state index is 0.675. The SMILES string of the molecule is CCC1CCCCN1CCOc1ccc(C#N)cc1. The third-order valence-corrected chi connectivity index (χ3v) is 3.85. The Balaban J connectivity index is 1.77. The van der Waals surface area contributed by atoms with Crippen molar-refractivity contribution in [1.82, 2.24) is 4.90 Å². The molecule has 1 fully saturated rings. The van der Waals surface area contributed by atoms with Crippen molar-refractivity contribution in [3.63, 3.8) is 0 Å². The van der Waals surface area contributed by atoms with E-state index in [-0.39, 0.29) is 0 Å². The van der Waals surface area contributed by atoms with Gasteiger partial charge in [-0.2, -0.15) is 5.26 Å². The molecule has 0 bridgehead atoms. The average Bonchev–Trinajstić information content (AvgIpc) is 2.48. The lowest BCUT2D eigenvalue weighted by Crippen LogP contribution is -2.41. The fourth-order valence-corrected chi connectivity index (χ4v) is 2.72. The van der Waals surface area contributed by atoms with Crippen molar-refractivity contribution in [2.45, 2.75) is 38.6 Å². The lowest BCUT2D eigenvalue weighted by molar-refractivity contribution is 0.120. The topological polar surface area (TPSA) is 36.3 Å². The quantitative estimate of drug-likeness (QED) is 0.813. The van der Waals surface area contributed by atoms with E-state index < -0.39 is 0 Å². The van der Waals surface area contributed by atoms with Gasteiger partial charge in [0, 0.05) is 12.6 Å². The van der Waals surface area contributed by atoms with Gasteiger partial charge in [0.1, 0.15) is 12.4 Å². The van der Waals surface area contributed by atoms with E-state index >= 15 is 0 Å². The molecule has 0 amide bonds. The number of rotatable bonds is 5.